The molecule has 1 atom stereocenters. The fraction of sp³-hybridized carbons (Fsp3) is 0.520. The van der Waals surface area contributed by atoms with Crippen molar-refractivity contribution in [3.63, 3.8) is 0 Å². The van der Waals surface area contributed by atoms with E-state index in [0.29, 0.717) is 6.04 Å². The lowest BCUT2D eigenvalue weighted by atomic mass is 9.98. The van der Waals surface area contributed by atoms with Gasteiger partial charge in [-0.05, 0) is 54.9 Å². The van der Waals surface area contributed by atoms with Crippen molar-refractivity contribution in [3.8, 4) is 0 Å². The molecule has 140 valence electrons. The van der Waals surface area contributed by atoms with Crippen molar-refractivity contribution in [2.75, 3.05) is 11.4 Å². The summed E-state index contributed by atoms with van der Waals surface area (Å²) in [7, 11) is 0. The van der Waals surface area contributed by atoms with Gasteiger partial charge in [-0.25, -0.2) is 0 Å². The summed E-state index contributed by atoms with van der Waals surface area (Å²) in [6.45, 7) is 8.17. The molecule has 0 saturated carbocycles. The average Bonchev–Trinajstić information content (AvgIpc) is 3.07. The highest BCUT2D eigenvalue weighted by atomic mass is 15.2. The van der Waals surface area contributed by atoms with Crippen LogP contribution in [0, 0.1) is 12.8 Å². The normalized spacial score (nSPS) is 15.0. The number of aryl methyl sites for hydroxylation is 1. The minimum Gasteiger partial charge on any atom is -0.368 e. The van der Waals surface area contributed by atoms with Crippen LogP contribution in [-0.4, -0.2) is 12.6 Å². The van der Waals surface area contributed by atoms with E-state index in [9.17, 15) is 0 Å². The van der Waals surface area contributed by atoms with Crippen LogP contribution in [0.3, 0.4) is 0 Å². The van der Waals surface area contributed by atoms with Gasteiger partial charge in [0, 0.05) is 18.3 Å². The van der Waals surface area contributed by atoms with Crippen LogP contribution < -0.4 is 4.90 Å². The number of anilines is 1. The third-order valence-electron chi connectivity index (χ3n) is 6.06. The van der Waals surface area contributed by atoms with Gasteiger partial charge in [-0.3, -0.25) is 0 Å². The molecule has 0 amide bonds. The topological polar surface area (TPSA) is 3.24 Å². The van der Waals surface area contributed by atoms with Gasteiger partial charge in [-0.1, -0.05) is 82.0 Å². The Hall–Kier alpha value is -1.76. The molecule has 0 aromatic heterocycles. The van der Waals surface area contributed by atoms with Gasteiger partial charge in [0.15, 0.2) is 0 Å². The maximum atomic E-state index is 2.71. The number of para-hydroxylation sites is 1. The predicted molar refractivity (Wildman–Crippen MR) is 114 cm³/mol. The van der Waals surface area contributed by atoms with E-state index >= 15 is 0 Å². The second-order valence-electron chi connectivity index (χ2n) is 8.20. The minimum atomic E-state index is 0.608. The van der Waals surface area contributed by atoms with Crippen LogP contribution in [-0.2, 0) is 12.8 Å². The molecule has 3 rings (SSSR count). The second-order valence-corrected chi connectivity index (χ2v) is 8.20. The Morgan fingerprint density at radius 1 is 0.923 bits per heavy atom. The van der Waals surface area contributed by atoms with Gasteiger partial charge in [0.05, 0.1) is 0 Å². The maximum Gasteiger partial charge on any atom is 0.0398 e. The first-order valence-corrected chi connectivity index (χ1v) is 10.6. The minimum absolute atomic E-state index is 0.608. The molecule has 0 aliphatic heterocycles. The molecule has 0 fully saturated rings. The third kappa shape index (κ3) is 4.69. The van der Waals surface area contributed by atoms with Crippen molar-refractivity contribution in [1.82, 2.24) is 0 Å². The van der Waals surface area contributed by atoms with E-state index in [-0.39, 0.29) is 0 Å². The number of benzene rings is 2. The Balaban J connectivity index is 1.70. The van der Waals surface area contributed by atoms with E-state index in [1.165, 1.54) is 62.7 Å². The van der Waals surface area contributed by atoms with Crippen LogP contribution in [0.2, 0.25) is 0 Å². The van der Waals surface area contributed by atoms with E-state index in [1.807, 2.05) is 0 Å². The molecule has 0 N–H and O–H groups in total. The van der Waals surface area contributed by atoms with Gasteiger partial charge in [-0.15, -0.1) is 0 Å². The van der Waals surface area contributed by atoms with Crippen LogP contribution in [0.15, 0.2) is 48.5 Å². The summed E-state index contributed by atoms with van der Waals surface area (Å²) in [6.07, 6.45) is 9.14. The smallest absolute Gasteiger partial charge is 0.0398 e. The lowest BCUT2D eigenvalue weighted by molar-refractivity contribution is 0.451. The molecule has 2 aromatic carbocycles. The molecule has 0 unspecified atom stereocenters. The molecule has 1 heteroatoms. The second kappa shape index (κ2) is 9.26. The van der Waals surface area contributed by atoms with Crippen molar-refractivity contribution in [2.45, 2.75) is 71.8 Å². The zero-order valence-electron chi connectivity index (χ0n) is 16.9. The van der Waals surface area contributed by atoms with E-state index < -0.39 is 0 Å². The van der Waals surface area contributed by atoms with Crippen molar-refractivity contribution in [2.24, 2.45) is 5.92 Å². The van der Waals surface area contributed by atoms with E-state index in [4.69, 9.17) is 0 Å². The Kier molecular flexibility index (Phi) is 6.77. The summed E-state index contributed by atoms with van der Waals surface area (Å²) < 4.78 is 0. The number of hydrogen-bond donors (Lipinski definition) is 0. The van der Waals surface area contributed by atoms with Gasteiger partial charge in [0.2, 0.25) is 0 Å². The Bertz CT molecular complexity index is 665. The number of fused-ring (bicyclic) bond motifs is 1. The number of hydrogen-bond acceptors (Lipinski definition) is 1. The van der Waals surface area contributed by atoms with Crippen molar-refractivity contribution in [1.29, 1.82) is 0 Å². The quantitative estimate of drug-likeness (QED) is 0.462. The predicted octanol–water partition coefficient (Wildman–Crippen LogP) is 6.58. The number of unbranched alkanes of at least 4 members (excludes halogenated alkanes) is 2. The molecular weight excluding hydrogens is 314 g/mol. The lowest BCUT2D eigenvalue weighted by Gasteiger charge is -2.33. The number of rotatable bonds is 9. The Morgan fingerprint density at radius 2 is 1.58 bits per heavy atom. The summed E-state index contributed by atoms with van der Waals surface area (Å²) in [4.78, 5) is 2.71. The van der Waals surface area contributed by atoms with E-state index in [2.05, 4.69) is 74.2 Å². The molecule has 26 heavy (non-hydrogen) atoms. The summed E-state index contributed by atoms with van der Waals surface area (Å²) in [5, 5.41) is 0. The van der Waals surface area contributed by atoms with Crippen LogP contribution >= 0.6 is 0 Å². The Morgan fingerprint density at radius 3 is 2.23 bits per heavy atom. The molecule has 0 saturated heterocycles. The van der Waals surface area contributed by atoms with Gasteiger partial charge in [0.1, 0.15) is 0 Å². The summed E-state index contributed by atoms with van der Waals surface area (Å²) in [5.41, 5.74) is 5.94. The van der Waals surface area contributed by atoms with Crippen molar-refractivity contribution in [3.05, 3.63) is 65.2 Å². The van der Waals surface area contributed by atoms with Gasteiger partial charge < -0.3 is 4.90 Å². The maximum absolute atomic E-state index is 2.71. The molecule has 0 heterocycles. The summed E-state index contributed by atoms with van der Waals surface area (Å²) in [6, 6.07) is 18.6. The van der Waals surface area contributed by atoms with Crippen LogP contribution in [0.25, 0.3) is 0 Å². The van der Waals surface area contributed by atoms with Crippen LogP contribution in [0.4, 0.5) is 5.69 Å². The molecule has 0 bridgehead atoms. The monoisotopic (exact) mass is 349 g/mol. The van der Waals surface area contributed by atoms with Gasteiger partial charge >= 0.3 is 0 Å². The zero-order valence-corrected chi connectivity index (χ0v) is 16.9. The fourth-order valence-electron chi connectivity index (χ4n) is 4.39. The molecule has 0 spiro atoms. The molecular formula is C25H35N. The Labute approximate surface area is 160 Å². The highest BCUT2D eigenvalue weighted by Gasteiger charge is 2.27. The first-order chi connectivity index (χ1) is 12.7. The SMILES string of the molecule is CCCCC[C@@H](C)CCN(c1ccccc1C)C1Cc2ccccc2C1. The summed E-state index contributed by atoms with van der Waals surface area (Å²) in [5.74, 6) is 0.817. The third-order valence-corrected chi connectivity index (χ3v) is 6.06. The van der Waals surface area contributed by atoms with Crippen molar-refractivity contribution >= 4 is 5.69 Å². The van der Waals surface area contributed by atoms with Crippen LogP contribution in [0.1, 0.15) is 62.6 Å². The largest absolute Gasteiger partial charge is 0.368 e. The first-order valence-electron chi connectivity index (χ1n) is 10.6. The van der Waals surface area contributed by atoms with Crippen molar-refractivity contribution < 1.29 is 0 Å². The zero-order chi connectivity index (χ0) is 18.4. The lowest BCUT2D eigenvalue weighted by Crippen LogP contribution is -2.38. The van der Waals surface area contributed by atoms with Crippen LogP contribution in [0.5, 0.6) is 0 Å². The highest BCUT2D eigenvalue weighted by Crippen LogP contribution is 2.31. The van der Waals surface area contributed by atoms with Gasteiger partial charge in [0.25, 0.3) is 0 Å². The molecule has 1 aliphatic rings. The highest BCUT2D eigenvalue weighted by molar-refractivity contribution is 5.55. The van der Waals surface area contributed by atoms with E-state index in [1.54, 1.807) is 11.1 Å². The average molecular weight is 350 g/mol. The fourth-order valence-corrected chi connectivity index (χ4v) is 4.39. The summed E-state index contributed by atoms with van der Waals surface area (Å²) >= 11 is 0. The molecule has 1 nitrogen and oxygen atoms in total. The van der Waals surface area contributed by atoms with Gasteiger partial charge in [-0.2, -0.15) is 0 Å². The first kappa shape index (κ1) is 19.0. The number of nitrogens with zero attached hydrogens (tertiary/aromatic N) is 1. The standard InChI is InChI=1S/C25H35N/c1-4-5-6-11-20(2)16-17-26(25-15-10-7-12-21(25)3)24-18-22-13-8-9-14-23(22)19-24/h7-10,12-15,20,24H,4-6,11,16-19H2,1-3H3/t20-/m1/s1. The molecule has 0 radical (unpaired) electrons. The molecule has 2 aromatic rings. The molecule has 1 aliphatic carbocycles. The van der Waals surface area contributed by atoms with E-state index in [0.717, 1.165) is 5.92 Å².